The van der Waals surface area contributed by atoms with E-state index in [1.54, 1.807) is 22.7 Å². The smallest absolute Gasteiger partial charge is 0.148 e. The molecule has 0 aliphatic carbocycles. The quantitative estimate of drug-likeness (QED) is 0.891. The highest BCUT2D eigenvalue weighted by atomic mass is 32.2. The molecular weight excluding hydrogens is 298 g/mol. The van der Waals surface area contributed by atoms with Gasteiger partial charge in [0.1, 0.15) is 9.84 Å². The van der Waals surface area contributed by atoms with Gasteiger partial charge in [-0.1, -0.05) is 6.07 Å². The molecule has 2 heterocycles. The average Bonchev–Trinajstić information content (AvgIpc) is 2.95. The molecule has 0 spiro atoms. The van der Waals surface area contributed by atoms with Crippen molar-refractivity contribution in [3.8, 4) is 10.4 Å². The van der Waals surface area contributed by atoms with E-state index >= 15 is 0 Å². The zero-order valence-corrected chi connectivity index (χ0v) is 13.4. The van der Waals surface area contributed by atoms with E-state index in [1.165, 1.54) is 21.6 Å². The van der Waals surface area contributed by atoms with E-state index in [0.29, 0.717) is 6.54 Å². The summed E-state index contributed by atoms with van der Waals surface area (Å²) in [6.07, 6.45) is 1.27. The first-order chi connectivity index (χ1) is 8.94. The lowest BCUT2D eigenvalue weighted by Gasteiger charge is -2.11. The largest absolute Gasteiger partial charge is 0.308 e. The maximum absolute atomic E-state index is 11.2. The third-order valence-corrected chi connectivity index (χ3v) is 5.60. The van der Waals surface area contributed by atoms with Gasteiger partial charge in [0.2, 0.25) is 0 Å². The van der Waals surface area contributed by atoms with Crippen LogP contribution in [-0.4, -0.2) is 26.5 Å². The van der Waals surface area contributed by atoms with Gasteiger partial charge in [0.25, 0.3) is 0 Å². The normalized spacial score (nSPS) is 13.6. The fourth-order valence-electron chi connectivity index (χ4n) is 1.83. The average molecular weight is 315 g/mol. The Kier molecular flexibility index (Phi) is 4.78. The molecular formula is C13H17NO2S3. The summed E-state index contributed by atoms with van der Waals surface area (Å²) in [7, 11) is -2.92. The van der Waals surface area contributed by atoms with Gasteiger partial charge in [-0.3, -0.25) is 0 Å². The molecule has 104 valence electrons. The maximum Gasteiger partial charge on any atom is 0.148 e. The van der Waals surface area contributed by atoms with Crippen molar-refractivity contribution in [2.75, 3.05) is 12.0 Å². The summed E-state index contributed by atoms with van der Waals surface area (Å²) in [6.45, 7) is 2.61. The predicted octanol–water partition coefficient (Wildman–Crippen LogP) is 3.00. The fourth-order valence-corrected chi connectivity index (χ4v) is 4.48. The maximum atomic E-state index is 11.2. The standard InChI is InChI=1S/C13H17NO2S3/c1-10(9-19(2,15)16)14-7-12-6-11(8-18-12)13-4-3-5-17-13/h3-6,8,10,14H,7,9H2,1-2H3. The lowest BCUT2D eigenvalue weighted by atomic mass is 10.2. The molecule has 1 unspecified atom stereocenters. The third kappa shape index (κ3) is 4.72. The van der Waals surface area contributed by atoms with Crippen molar-refractivity contribution in [1.29, 1.82) is 0 Å². The summed E-state index contributed by atoms with van der Waals surface area (Å²) in [4.78, 5) is 2.50. The molecule has 0 amide bonds. The summed E-state index contributed by atoms with van der Waals surface area (Å²) in [5, 5.41) is 7.46. The van der Waals surface area contributed by atoms with E-state index in [2.05, 4.69) is 28.2 Å². The number of sulfone groups is 1. The van der Waals surface area contributed by atoms with Crippen molar-refractivity contribution in [2.24, 2.45) is 0 Å². The number of thiophene rings is 2. The SMILES string of the molecule is CC(CS(C)(=O)=O)NCc1cc(-c2cccs2)cs1. The van der Waals surface area contributed by atoms with Crippen LogP contribution in [-0.2, 0) is 16.4 Å². The molecule has 0 radical (unpaired) electrons. The molecule has 2 rings (SSSR count). The predicted molar refractivity (Wildman–Crippen MR) is 83.6 cm³/mol. The zero-order valence-electron chi connectivity index (χ0n) is 10.9. The number of hydrogen-bond donors (Lipinski definition) is 1. The monoisotopic (exact) mass is 315 g/mol. The Bertz CT molecular complexity index is 614. The first-order valence-corrected chi connectivity index (χ1v) is 9.78. The molecule has 1 atom stereocenters. The molecule has 2 aromatic heterocycles. The van der Waals surface area contributed by atoms with Gasteiger partial charge in [0.05, 0.1) is 5.75 Å². The van der Waals surface area contributed by atoms with Gasteiger partial charge in [0.15, 0.2) is 0 Å². The van der Waals surface area contributed by atoms with Crippen LogP contribution in [0.15, 0.2) is 29.0 Å². The van der Waals surface area contributed by atoms with Crippen LogP contribution in [0.2, 0.25) is 0 Å². The van der Waals surface area contributed by atoms with Crippen LogP contribution < -0.4 is 5.32 Å². The van der Waals surface area contributed by atoms with E-state index in [4.69, 9.17) is 0 Å². The lowest BCUT2D eigenvalue weighted by molar-refractivity contribution is 0.562. The van der Waals surface area contributed by atoms with Gasteiger partial charge in [-0.25, -0.2) is 8.42 Å². The van der Waals surface area contributed by atoms with Gasteiger partial charge < -0.3 is 5.32 Å². The van der Waals surface area contributed by atoms with Crippen LogP contribution in [0, 0.1) is 0 Å². The van der Waals surface area contributed by atoms with Crippen molar-refractivity contribution in [1.82, 2.24) is 5.32 Å². The Hall–Kier alpha value is -0.690. The highest BCUT2D eigenvalue weighted by Gasteiger charge is 2.10. The van der Waals surface area contributed by atoms with Crippen LogP contribution in [0.3, 0.4) is 0 Å². The van der Waals surface area contributed by atoms with Gasteiger partial charge in [-0.15, -0.1) is 22.7 Å². The molecule has 1 N–H and O–H groups in total. The Labute approximate surface area is 122 Å². The molecule has 0 saturated carbocycles. The van der Waals surface area contributed by atoms with Crippen LogP contribution >= 0.6 is 22.7 Å². The molecule has 0 bridgehead atoms. The molecule has 19 heavy (non-hydrogen) atoms. The molecule has 0 aliphatic rings. The highest BCUT2D eigenvalue weighted by molar-refractivity contribution is 7.90. The van der Waals surface area contributed by atoms with E-state index < -0.39 is 9.84 Å². The Morgan fingerprint density at radius 3 is 2.79 bits per heavy atom. The van der Waals surface area contributed by atoms with E-state index in [-0.39, 0.29) is 11.8 Å². The molecule has 0 aliphatic heterocycles. The van der Waals surface area contributed by atoms with Crippen LogP contribution in [0.1, 0.15) is 11.8 Å². The lowest BCUT2D eigenvalue weighted by Crippen LogP contribution is -2.31. The minimum absolute atomic E-state index is 0.0257. The van der Waals surface area contributed by atoms with Crippen LogP contribution in [0.25, 0.3) is 10.4 Å². The second kappa shape index (κ2) is 6.17. The molecule has 6 heteroatoms. The van der Waals surface area contributed by atoms with Crippen LogP contribution in [0.5, 0.6) is 0 Å². The second-order valence-electron chi connectivity index (χ2n) is 4.65. The Morgan fingerprint density at radius 1 is 1.37 bits per heavy atom. The third-order valence-electron chi connectivity index (χ3n) is 2.64. The topological polar surface area (TPSA) is 46.2 Å². The Morgan fingerprint density at radius 2 is 2.16 bits per heavy atom. The molecule has 0 aromatic carbocycles. The summed E-state index contributed by atoms with van der Waals surface area (Å²) < 4.78 is 22.4. The zero-order chi connectivity index (χ0) is 13.9. The van der Waals surface area contributed by atoms with E-state index in [0.717, 1.165) is 0 Å². The van der Waals surface area contributed by atoms with Crippen molar-refractivity contribution in [3.05, 3.63) is 33.8 Å². The number of hydrogen-bond acceptors (Lipinski definition) is 5. The molecule has 2 aromatic rings. The Balaban J connectivity index is 1.91. The van der Waals surface area contributed by atoms with Gasteiger partial charge in [-0.05, 0) is 29.8 Å². The summed E-state index contributed by atoms with van der Waals surface area (Å²) in [6, 6.07) is 6.29. The first-order valence-electron chi connectivity index (χ1n) is 5.96. The van der Waals surface area contributed by atoms with E-state index in [1.807, 2.05) is 13.0 Å². The number of nitrogens with one attached hydrogen (secondary N) is 1. The summed E-state index contributed by atoms with van der Waals surface area (Å²) in [5.41, 5.74) is 1.24. The van der Waals surface area contributed by atoms with Gasteiger partial charge in [-0.2, -0.15) is 0 Å². The van der Waals surface area contributed by atoms with Crippen LogP contribution in [0.4, 0.5) is 0 Å². The van der Waals surface area contributed by atoms with Crippen molar-refractivity contribution >= 4 is 32.5 Å². The minimum Gasteiger partial charge on any atom is -0.308 e. The summed E-state index contributed by atoms with van der Waals surface area (Å²) in [5.74, 6) is 0.177. The highest BCUT2D eigenvalue weighted by Crippen LogP contribution is 2.29. The molecule has 3 nitrogen and oxygen atoms in total. The second-order valence-corrected chi connectivity index (χ2v) is 8.78. The van der Waals surface area contributed by atoms with E-state index in [9.17, 15) is 8.42 Å². The molecule has 0 saturated heterocycles. The van der Waals surface area contributed by atoms with Crippen molar-refractivity contribution < 1.29 is 8.42 Å². The van der Waals surface area contributed by atoms with Crippen molar-refractivity contribution in [2.45, 2.75) is 19.5 Å². The van der Waals surface area contributed by atoms with Gasteiger partial charge in [0, 0.05) is 34.2 Å². The summed E-state index contributed by atoms with van der Waals surface area (Å²) >= 11 is 3.43. The minimum atomic E-state index is -2.92. The number of rotatable bonds is 6. The fraction of sp³-hybridized carbons (Fsp3) is 0.385. The van der Waals surface area contributed by atoms with Gasteiger partial charge >= 0.3 is 0 Å². The van der Waals surface area contributed by atoms with Crippen molar-refractivity contribution in [3.63, 3.8) is 0 Å². The first kappa shape index (κ1) is 14.7. The molecule has 0 fully saturated rings.